The predicted octanol–water partition coefficient (Wildman–Crippen LogP) is 5.25. The quantitative estimate of drug-likeness (QED) is 0.257. The van der Waals surface area contributed by atoms with E-state index >= 15 is 0 Å². The third kappa shape index (κ3) is 13.4. The van der Waals surface area contributed by atoms with Crippen molar-refractivity contribution >= 4 is 16.6 Å². The molecule has 0 radical (unpaired) electrons. The molecule has 0 aromatic heterocycles. The maximum Gasteiger partial charge on any atom is 0.186 e. The summed E-state index contributed by atoms with van der Waals surface area (Å²) in [5, 5.41) is 0. The van der Waals surface area contributed by atoms with Crippen LogP contribution in [-0.2, 0) is 8.85 Å². The maximum absolute atomic E-state index is 6.91. The van der Waals surface area contributed by atoms with Crippen LogP contribution in [0.25, 0.3) is 0 Å². The van der Waals surface area contributed by atoms with Crippen LogP contribution < -0.4 is 11.5 Å². The molecule has 0 aromatic carbocycles. The van der Waals surface area contributed by atoms with Crippen LogP contribution in [0.2, 0.25) is 38.3 Å². The van der Waals surface area contributed by atoms with Crippen molar-refractivity contribution in [2.45, 2.75) is 108 Å². The van der Waals surface area contributed by atoms with Crippen molar-refractivity contribution < 1.29 is 8.85 Å². The number of unbranched alkanes of at least 4 members (excludes halogenated alkanes) is 4. The second-order valence-corrected chi connectivity index (χ2v) is 18.2. The summed E-state index contributed by atoms with van der Waals surface area (Å²) in [4.78, 5) is 0. The zero-order chi connectivity index (χ0) is 20.1. The summed E-state index contributed by atoms with van der Waals surface area (Å²) in [6.07, 6.45) is 12.0. The van der Waals surface area contributed by atoms with Gasteiger partial charge in [0, 0.05) is 19.8 Å². The lowest BCUT2D eigenvalue weighted by Gasteiger charge is -2.32. The summed E-state index contributed by atoms with van der Waals surface area (Å²) in [5.74, 6) is 0. The van der Waals surface area contributed by atoms with E-state index < -0.39 is 16.6 Å². The third-order valence-corrected chi connectivity index (χ3v) is 11.2. The Hall–Kier alpha value is 0.274. The number of rotatable bonds is 17. The van der Waals surface area contributed by atoms with Crippen LogP contribution in [0, 0.1) is 0 Å². The van der Waals surface area contributed by atoms with Gasteiger partial charge in [0.2, 0.25) is 0 Å². The average Bonchev–Trinajstić information content (AvgIpc) is 2.58. The van der Waals surface area contributed by atoms with E-state index in [-0.39, 0.29) is 5.54 Å². The monoisotopic (exact) mass is 404 g/mol. The molecule has 4 N–H and O–H groups in total. The molecule has 0 unspecified atom stereocenters. The van der Waals surface area contributed by atoms with Crippen molar-refractivity contribution in [3.05, 3.63) is 0 Å². The lowest BCUT2D eigenvalue weighted by atomic mass is 9.84. The van der Waals surface area contributed by atoms with Gasteiger partial charge < -0.3 is 20.3 Å². The highest BCUT2D eigenvalue weighted by molar-refractivity contribution is 6.71. The van der Waals surface area contributed by atoms with E-state index in [9.17, 15) is 0 Å². The van der Waals surface area contributed by atoms with Crippen LogP contribution in [0.15, 0.2) is 0 Å². The summed E-state index contributed by atoms with van der Waals surface area (Å²) in [7, 11) is 0.768. The molecule has 0 bridgehead atoms. The van der Waals surface area contributed by atoms with Gasteiger partial charge in [-0.1, -0.05) is 38.5 Å². The Bertz CT molecular complexity index is 331. The Morgan fingerprint density at radius 1 is 0.654 bits per heavy atom. The highest BCUT2D eigenvalue weighted by Gasteiger charge is 2.28. The first-order valence-electron chi connectivity index (χ1n) is 10.7. The van der Waals surface area contributed by atoms with Gasteiger partial charge in [-0.3, -0.25) is 0 Å². The first-order valence-corrected chi connectivity index (χ1v) is 16.9. The van der Waals surface area contributed by atoms with Gasteiger partial charge in [-0.05, 0) is 70.5 Å². The molecule has 0 aliphatic heterocycles. The van der Waals surface area contributed by atoms with Crippen LogP contribution in [-0.4, -0.2) is 42.9 Å². The second kappa shape index (κ2) is 13.5. The number of nitrogens with two attached hydrogens (primary N) is 2. The molecule has 0 saturated heterocycles. The fourth-order valence-corrected chi connectivity index (χ4v) is 5.93. The standard InChI is InChI=1S/C20H48N2O2Si2/c1-23-25(3,4)18-12-15-20(22,14-10-8-7-9-11-17-21)16-13-19-26(5,6)24-2/h7-19,21-22H2,1-6H3. The normalized spacial score (nSPS) is 13.4. The van der Waals surface area contributed by atoms with Crippen molar-refractivity contribution in [3.8, 4) is 0 Å². The molecule has 0 saturated carbocycles. The molecular weight excluding hydrogens is 356 g/mol. The van der Waals surface area contributed by atoms with Gasteiger partial charge in [-0.2, -0.15) is 0 Å². The Labute approximate surface area is 166 Å². The van der Waals surface area contributed by atoms with Crippen molar-refractivity contribution in [2.75, 3.05) is 20.8 Å². The summed E-state index contributed by atoms with van der Waals surface area (Å²) in [5.41, 5.74) is 12.5. The van der Waals surface area contributed by atoms with E-state index in [1.54, 1.807) is 0 Å². The van der Waals surface area contributed by atoms with Crippen LogP contribution in [0.1, 0.15) is 64.2 Å². The largest absolute Gasteiger partial charge is 0.420 e. The van der Waals surface area contributed by atoms with E-state index in [4.69, 9.17) is 20.3 Å². The van der Waals surface area contributed by atoms with Crippen LogP contribution in [0.3, 0.4) is 0 Å². The maximum atomic E-state index is 6.91. The van der Waals surface area contributed by atoms with Crippen molar-refractivity contribution in [1.29, 1.82) is 0 Å². The second-order valence-electron chi connectivity index (χ2n) is 9.30. The van der Waals surface area contributed by atoms with E-state index in [2.05, 4.69) is 26.2 Å². The molecule has 0 spiro atoms. The Kier molecular flexibility index (Phi) is 13.6. The summed E-state index contributed by atoms with van der Waals surface area (Å²) in [6.45, 7) is 10.0. The fourth-order valence-electron chi connectivity index (χ4n) is 3.46. The SMILES string of the molecule is CO[Si](C)(C)CCCC(N)(CCCCCCCN)CCC[Si](C)(C)OC. The first kappa shape index (κ1) is 26.3. The minimum absolute atomic E-state index is 0.00961. The van der Waals surface area contributed by atoms with Gasteiger partial charge in [0.05, 0.1) is 0 Å². The van der Waals surface area contributed by atoms with Crippen LogP contribution in [0.5, 0.6) is 0 Å². The predicted molar refractivity (Wildman–Crippen MR) is 121 cm³/mol. The van der Waals surface area contributed by atoms with Crippen LogP contribution in [0.4, 0.5) is 0 Å². The third-order valence-electron chi connectivity index (χ3n) is 5.89. The minimum Gasteiger partial charge on any atom is -0.420 e. The molecule has 26 heavy (non-hydrogen) atoms. The summed E-state index contributed by atoms with van der Waals surface area (Å²) < 4.78 is 11.4. The van der Waals surface area contributed by atoms with Crippen molar-refractivity contribution in [3.63, 3.8) is 0 Å². The first-order chi connectivity index (χ1) is 12.1. The van der Waals surface area contributed by atoms with Gasteiger partial charge in [0.25, 0.3) is 0 Å². The average molecular weight is 405 g/mol. The van der Waals surface area contributed by atoms with Crippen molar-refractivity contribution in [1.82, 2.24) is 0 Å². The molecule has 0 fully saturated rings. The fraction of sp³-hybridized carbons (Fsp3) is 1.00. The molecule has 0 aromatic rings. The lowest BCUT2D eigenvalue weighted by molar-refractivity contribution is 0.312. The van der Waals surface area contributed by atoms with Crippen LogP contribution >= 0.6 is 0 Å². The lowest BCUT2D eigenvalue weighted by Crippen LogP contribution is -2.41. The molecule has 0 amide bonds. The Morgan fingerprint density at radius 2 is 1.04 bits per heavy atom. The Morgan fingerprint density at radius 3 is 1.46 bits per heavy atom. The van der Waals surface area contributed by atoms with Gasteiger partial charge >= 0.3 is 0 Å². The van der Waals surface area contributed by atoms with Gasteiger partial charge in [-0.25, -0.2) is 0 Å². The smallest absolute Gasteiger partial charge is 0.186 e. The molecule has 0 aliphatic rings. The summed E-state index contributed by atoms with van der Waals surface area (Å²) >= 11 is 0. The van der Waals surface area contributed by atoms with Crippen molar-refractivity contribution in [2.24, 2.45) is 11.5 Å². The zero-order valence-electron chi connectivity index (χ0n) is 18.7. The van der Waals surface area contributed by atoms with Gasteiger partial charge in [0.15, 0.2) is 16.6 Å². The highest BCUT2D eigenvalue weighted by Crippen LogP contribution is 2.29. The number of hydrogen-bond acceptors (Lipinski definition) is 4. The molecule has 0 rings (SSSR count). The molecule has 0 atom stereocenters. The molecule has 158 valence electrons. The van der Waals surface area contributed by atoms with E-state index in [1.807, 2.05) is 14.2 Å². The molecule has 6 heteroatoms. The highest BCUT2D eigenvalue weighted by atomic mass is 28.4. The molecule has 0 heterocycles. The van der Waals surface area contributed by atoms with E-state index in [1.165, 1.54) is 50.6 Å². The van der Waals surface area contributed by atoms with Gasteiger partial charge in [0.1, 0.15) is 0 Å². The van der Waals surface area contributed by atoms with E-state index in [0.29, 0.717) is 0 Å². The molecule has 4 nitrogen and oxygen atoms in total. The molecular formula is C20H48N2O2Si2. The topological polar surface area (TPSA) is 70.5 Å². The molecule has 0 aliphatic carbocycles. The Balaban J connectivity index is 4.44. The van der Waals surface area contributed by atoms with Gasteiger partial charge in [-0.15, -0.1) is 0 Å². The van der Waals surface area contributed by atoms with E-state index in [0.717, 1.165) is 32.2 Å². The minimum atomic E-state index is -1.48. The number of hydrogen-bond donors (Lipinski definition) is 2. The summed E-state index contributed by atoms with van der Waals surface area (Å²) in [6, 6.07) is 2.41. The zero-order valence-corrected chi connectivity index (χ0v) is 20.7.